The van der Waals surface area contributed by atoms with E-state index in [1.807, 2.05) is 22.9 Å². The molecule has 3 aromatic rings. The van der Waals surface area contributed by atoms with E-state index in [1.54, 1.807) is 27.8 Å². The van der Waals surface area contributed by atoms with Gasteiger partial charge < -0.3 is 15.5 Å². The average Bonchev–Trinajstić information content (AvgIpc) is 3.37. The van der Waals surface area contributed by atoms with Gasteiger partial charge in [-0.05, 0) is 23.9 Å². The SMILES string of the molecule is O=C(NCCc1cccs1)c1cnc2c(c1)N(Cc1cscn1)C(=O)CN2. The second kappa shape index (κ2) is 7.85. The minimum Gasteiger partial charge on any atom is -0.359 e. The van der Waals surface area contributed by atoms with E-state index in [0.29, 0.717) is 30.2 Å². The fourth-order valence-electron chi connectivity index (χ4n) is 2.82. The maximum atomic E-state index is 12.5. The van der Waals surface area contributed by atoms with Gasteiger partial charge in [0.1, 0.15) is 0 Å². The van der Waals surface area contributed by atoms with Crippen molar-refractivity contribution in [1.82, 2.24) is 15.3 Å². The van der Waals surface area contributed by atoms with Crippen LogP contribution in [0.1, 0.15) is 20.9 Å². The molecule has 0 bridgehead atoms. The summed E-state index contributed by atoms with van der Waals surface area (Å²) < 4.78 is 0. The molecule has 0 aliphatic carbocycles. The van der Waals surface area contributed by atoms with E-state index < -0.39 is 0 Å². The third-order valence-electron chi connectivity index (χ3n) is 4.17. The molecular weight excluding hydrogens is 382 g/mol. The molecule has 0 fully saturated rings. The average molecular weight is 400 g/mol. The van der Waals surface area contributed by atoms with E-state index in [-0.39, 0.29) is 18.4 Å². The quantitative estimate of drug-likeness (QED) is 0.665. The molecule has 0 saturated carbocycles. The van der Waals surface area contributed by atoms with Crippen LogP contribution in [0.5, 0.6) is 0 Å². The summed E-state index contributed by atoms with van der Waals surface area (Å²) in [5, 5.41) is 9.83. The van der Waals surface area contributed by atoms with Crippen molar-refractivity contribution in [3.8, 4) is 0 Å². The summed E-state index contributed by atoms with van der Waals surface area (Å²) in [5.41, 5.74) is 3.58. The zero-order valence-corrected chi connectivity index (χ0v) is 16.0. The zero-order chi connectivity index (χ0) is 18.6. The summed E-state index contributed by atoms with van der Waals surface area (Å²) in [6, 6.07) is 5.75. The number of nitrogens with zero attached hydrogens (tertiary/aromatic N) is 3. The predicted molar refractivity (Wildman–Crippen MR) is 106 cm³/mol. The lowest BCUT2D eigenvalue weighted by atomic mass is 10.2. The second-order valence-electron chi connectivity index (χ2n) is 5.99. The summed E-state index contributed by atoms with van der Waals surface area (Å²) in [7, 11) is 0. The molecule has 27 heavy (non-hydrogen) atoms. The highest BCUT2D eigenvalue weighted by Gasteiger charge is 2.26. The van der Waals surface area contributed by atoms with E-state index >= 15 is 0 Å². The van der Waals surface area contributed by atoms with Crippen LogP contribution in [0.3, 0.4) is 0 Å². The molecule has 2 N–H and O–H groups in total. The van der Waals surface area contributed by atoms with Crippen molar-refractivity contribution in [3.05, 3.63) is 56.8 Å². The van der Waals surface area contributed by atoms with Gasteiger partial charge in [0.15, 0.2) is 5.82 Å². The van der Waals surface area contributed by atoms with Crippen LogP contribution < -0.4 is 15.5 Å². The Balaban J connectivity index is 1.49. The zero-order valence-electron chi connectivity index (χ0n) is 14.3. The lowest BCUT2D eigenvalue weighted by Gasteiger charge is -2.29. The van der Waals surface area contributed by atoms with Gasteiger partial charge in [-0.25, -0.2) is 9.97 Å². The smallest absolute Gasteiger partial charge is 0.252 e. The minimum atomic E-state index is -0.200. The van der Waals surface area contributed by atoms with Gasteiger partial charge in [-0.2, -0.15) is 0 Å². The number of anilines is 2. The molecule has 0 saturated heterocycles. The molecule has 0 unspecified atom stereocenters. The molecule has 4 heterocycles. The number of pyridine rings is 1. The van der Waals surface area contributed by atoms with E-state index in [1.165, 1.54) is 22.4 Å². The van der Waals surface area contributed by atoms with Crippen molar-refractivity contribution in [2.75, 3.05) is 23.3 Å². The normalized spacial score (nSPS) is 13.2. The molecular formula is C18H17N5O2S2. The molecule has 1 aliphatic heterocycles. The van der Waals surface area contributed by atoms with E-state index in [9.17, 15) is 9.59 Å². The van der Waals surface area contributed by atoms with Gasteiger partial charge in [-0.15, -0.1) is 22.7 Å². The Morgan fingerprint density at radius 1 is 1.37 bits per heavy atom. The molecule has 0 aromatic carbocycles. The van der Waals surface area contributed by atoms with Crippen molar-refractivity contribution in [1.29, 1.82) is 0 Å². The number of thiazole rings is 1. The number of hydrogen-bond donors (Lipinski definition) is 2. The Labute approximate surface area is 164 Å². The number of carbonyl (C=O) groups is 2. The minimum absolute atomic E-state index is 0.0763. The van der Waals surface area contributed by atoms with Crippen LogP contribution in [-0.2, 0) is 17.8 Å². The molecule has 0 radical (unpaired) electrons. The maximum Gasteiger partial charge on any atom is 0.252 e. The Bertz CT molecular complexity index is 941. The van der Waals surface area contributed by atoms with Gasteiger partial charge in [0, 0.05) is 23.0 Å². The fraction of sp³-hybridized carbons (Fsp3) is 0.222. The van der Waals surface area contributed by atoms with Crippen molar-refractivity contribution in [3.63, 3.8) is 0 Å². The van der Waals surface area contributed by atoms with E-state index in [0.717, 1.165) is 12.1 Å². The van der Waals surface area contributed by atoms with Crippen molar-refractivity contribution >= 4 is 46.0 Å². The van der Waals surface area contributed by atoms with Gasteiger partial charge in [-0.3, -0.25) is 9.59 Å². The number of aromatic nitrogens is 2. The van der Waals surface area contributed by atoms with Crippen LogP contribution in [0.4, 0.5) is 11.5 Å². The maximum absolute atomic E-state index is 12.5. The number of amides is 2. The number of carbonyl (C=O) groups excluding carboxylic acids is 2. The molecule has 138 valence electrons. The molecule has 2 amide bonds. The Morgan fingerprint density at radius 3 is 3.07 bits per heavy atom. The van der Waals surface area contributed by atoms with E-state index in [2.05, 4.69) is 20.6 Å². The lowest BCUT2D eigenvalue weighted by molar-refractivity contribution is -0.117. The number of nitrogens with one attached hydrogen (secondary N) is 2. The topological polar surface area (TPSA) is 87.2 Å². The molecule has 7 nitrogen and oxygen atoms in total. The van der Waals surface area contributed by atoms with Crippen LogP contribution in [-0.4, -0.2) is 34.9 Å². The van der Waals surface area contributed by atoms with Gasteiger partial charge in [0.25, 0.3) is 5.91 Å². The van der Waals surface area contributed by atoms with Gasteiger partial charge >= 0.3 is 0 Å². The lowest BCUT2D eigenvalue weighted by Crippen LogP contribution is -2.40. The predicted octanol–water partition coefficient (Wildman–Crippen LogP) is 2.53. The van der Waals surface area contributed by atoms with Crippen LogP contribution in [0, 0.1) is 0 Å². The largest absolute Gasteiger partial charge is 0.359 e. The van der Waals surface area contributed by atoms with Gasteiger partial charge in [0.05, 0.1) is 35.5 Å². The molecule has 0 spiro atoms. The van der Waals surface area contributed by atoms with Gasteiger partial charge in [0.2, 0.25) is 5.91 Å². The number of thiophene rings is 1. The third-order valence-corrected chi connectivity index (χ3v) is 5.74. The fourth-order valence-corrected chi connectivity index (χ4v) is 4.07. The standard InChI is InChI=1S/C18H17N5O2S2/c24-16-8-21-17-15(23(16)9-13-10-26-11-22-13)6-12(7-20-17)18(25)19-4-3-14-2-1-5-27-14/h1-2,5-7,10-11H,3-4,8-9H2,(H,19,25)(H,20,21). The Hall–Kier alpha value is -2.78. The number of hydrogen-bond acceptors (Lipinski definition) is 7. The molecule has 0 atom stereocenters. The van der Waals surface area contributed by atoms with Crippen LogP contribution in [0.15, 0.2) is 40.7 Å². The summed E-state index contributed by atoms with van der Waals surface area (Å²) in [5.74, 6) is 0.320. The summed E-state index contributed by atoms with van der Waals surface area (Å²) in [6.45, 7) is 1.09. The third kappa shape index (κ3) is 3.99. The van der Waals surface area contributed by atoms with Crippen LogP contribution >= 0.6 is 22.7 Å². The Morgan fingerprint density at radius 2 is 2.30 bits per heavy atom. The molecule has 1 aliphatic rings. The van der Waals surface area contributed by atoms with Crippen LogP contribution in [0.25, 0.3) is 0 Å². The van der Waals surface area contributed by atoms with Crippen LogP contribution in [0.2, 0.25) is 0 Å². The first kappa shape index (κ1) is 17.6. The van der Waals surface area contributed by atoms with Crippen molar-refractivity contribution < 1.29 is 9.59 Å². The first-order valence-electron chi connectivity index (χ1n) is 8.42. The molecule has 3 aromatic heterocycles. The highest BCUT2D eigenvalue weighted by molar-refractivity contribution is 7.09. The summed E-state index contributed by atoms with van der Waals surface area (Å²) in [4.78, 5) is 36.3. The van der Waals surface area contributed by atoms with E-state index in [4.69, 9.17) is 0 Å². The van der Waals surface area contributed by atoms with Crippen molar-refractivity contribution in [2.45, 2.75) is 13.0 Å². The summed E-state index contributed by atoms with van der Waals surface area (Å²) >= 11 is 3.15. The first-order valence-corrected chi connectivity index (χ1v) is 10.2. The number of rotatable bonds is 6. The highest BCUT2D eigenvalue weighted by Crippen LogP contribution is 2.29. The second-order valence-corrected chi connectivity index (χ2v) is 7.74. The van der Waals surface area contributed by atoms with Gasteiger partial charge in [-0.1, -0.05) is 6.07 Å². The highest BCUT2D eigenvalue weighted by atomic mass is 32.1. The molecule has 9 heteroatoms. The molecule has 4 rings (SSSR count). The van der Waals surface area contributed by atoms with Crippen molar-refractivity contribution in [2.24, 2.45) is 0 Å². The Kier molecular flexibility index (Phi) is 5.12. The monoisotopic (exact) mass is 399 g/mol. The first-order chi connectivity index (χ1) is 13.2. The summed E-state index contributed by atoms with van der Waals surface area (Å²) in [6.07, 6.45) is 2.32. The number of fused-ring (bicyclic) bond motifs is 1.